The SMILES string of the molecule is CCC1(C)CC(=O)C(=C(C)CC(C)C)C(=O)C1. The molecular formula is C15H24O2. The van der Waals surface area contributed by atoms with E-state index in [9.17, 15) is 9.59 Å². The Bertz CT molecular complexity index is 341. The molecule has 0 aliphatic heterocycles. The summed E-state index contributed by atoms with van der Waals surface area (Å²) in [6, 6.07) is 0. The highest BCUT2D eigenvalue weighted by molar-refractivity contribution is 6.22. The van der Waals surface area contributed by atoms with Crippen molar-refractivity contribution in [2.75, 3.05) is 0 Å². The Hall–Kier alpha value is -0.920. The van der Waals surface area contributed by atoms with Crippen LogP contribution in [0.5, 0.6) is 0 Å². The molecule has 0 radical (unpaired) electrons. The van der Waals surface area contributed by atoms with E-state index in [0.717, 1.165) is 18.4 Å². The quantitative estimate of drug-likeness (QED) is 0.553. The van der Waals surface area contributed by atoms with Gasteiger partial charge in [-0.05, 0) is 31.1 Å². The first-order valence-corrected chi connectivity index (χ1v) is 6.55. The molecule has 0 unspecified atom stereocenters. The van der Waals surface area contributed by atoms with Crippen molar-refractivity contribution in [3.63, 3.8) is 0 Å². The normalized spacial score (nSPS) is 25.6. The molecule has 0 aromatic heterocycles. The average Bonchev–Trinajstić information content (AvgIpc) is 2.14. The van der Waals surface area contributed by atoms with Gasteiger partial charge in [0, 0.05) is 12.8 Å². The molecule has 1 fully saturated rings. The third-order valence-electron chi connectivity index (χ3n) is 3.73. The van der Waals surface area contributed by atoms with E-state index in [1.807, 2.05) is 13.8 Å². The molecule has 1 saturated carbocycles. The Morgan fingerprint density at radius 3 is 2.06 bits per heavy atom. The van der Waals surface area contributed by atoms with Gasteiger partial charge in [0.25, 0.3) is 0 Å². The summed E-state index contributed by atoms with van der Waals surface area (Å²) in [6.07, 6.45) is 2.79. The molecule has 0 aromatic rings. The smallest absolute Gasteiger partial charge is 0.166 e. The maximum absolute atomic E-state index is 12.1. The number of Topliss-reactive ketones (excluding diaryl/α,β-unsaturated/α-hetero) is 2. The van der Waals surface area contributed by atoms with Crippen LogP contribution in [0.15, 0.2) is 11.1 Å². The zero-order valence-electron chi connectivity index (χ0n) is 11.7. The Morgan fingerprint density at radius 2 is 1.71 bits per heavy atom. The van der Waals surface area contributed by atoms with Gasteiger partial charge >= 0.3 is 0 Å². The van der Waals surface area contributed by atoms with Gasteiger partial charge in [0.1, 0.15) is 0 Å². The first kappa shape index (κ1) is 14.1. The third kappa shape index (κ3) is 3.27. The summed E-state index contributed by atoms with van der Waals surface area (Å²) in [6.45, 7) is 10.2. The van der Waals surface area contributed by atoms with Gasteiger partial charge in [-0.25, -0.2) is 0 Å². The maximum Gasteiger partial charge on any atom is 0.166 e. The fourth-order valence-electron chi connectivity index (χ4n) is 2.61. The predicted octanol–water partition coefficient (Wildman–Crippen LogP) is 3.70. The molecule has 0 saturated heterocycles. The standard InChI is InChI=1S/C15H24O2/c1-6-15(5)8-12(16)14(13(17)9-15)11(4)7-10(2)3/h10H,6-9H2,1-5H3. The molecule has 1 aliphatic rings. The van der Waals surface area contributed by atoms with Gasteiger partial charge in [0.15, 0.2) is 11.6 Å². The molecule has 0 atom stereocenters. The Kier molecular flexibility index (Phi) is 4.29. The largest absolute Gasteiger partial charge is 0.294 e. The van der Waals surface area contributed by atoms with Crippen LogP contribution in [0, 0.1) is 11.3 Å². The summed E-state index contributed by atoms with van der Waals surface area (Å²) in [7, 11) is 0. The number of ketones is 2. The van der Waals surface area contributed by atoms with E-state index in [-0.39, 0.29) is 17.0 Å². The number of rotatable bonds is 3. The minimum atomic E-state index is -0.115. The van der Waals surface area contributed by atoms with Gasteiger partial charge in [-0.1, -0.05) is 33.3 Å². The second-order valence-corrected chi connectivity index (χ2v) is 6.12. The van der Waals surface area contributed by atoms with Crippen molar-refractivity contribution in [3.05, 3.63) is 11.1 Å². The van der Waals surface area contributed by atoms with Crippen LogP contribution in [-0.2, 0) is 9.59 Å². The lowest BCUT2D eigenvalue weighted by Gasteiger charge is -2.32. The van der Waals surface area contributed by atoms with Crippen molar-refractivity contribution < 1.29 is 9.59 Å². The van der Waals surface area contributed by atoms with Crippen LogP contribution in [0.2, 0.25) is 0 Å². The number of hydrogen-bond acceptors (Lipinski definition) is 2. The highest BCUT2D eigenvalue weighted by Crippen LogP contribution is 2.38. The van der Waals surface area contributed by atoms with Crippen LogP contribution in [0.1, 0.15) is 60.3 Å². The van der Waals surface area contributed by atoms with Crippen LogP contribution < -0.4 is 0 Å². The number of carbonyl (C=O) groups is 2. The van der Waals surface area contributed by atoms with E-state index >= 15 is 0 Å². The molecule has 0 amide bonds. The molecular weight excluding hydrogens is 212 g/mol. The summed E-state index contributed by atoms with van der Waals surface area (Å²) in [5.41, 5.74) is 1.37. The van der Waals surface area contributed by atoms with Crippen molar-refractivity contribution in [1.82, 2.24) is 0 Å². The van der Waals surface area contributed by atoms with E-state index in [1.54, 1.807) is 0 Å². The first-order chi connectivity index (χ1) is 7.79. The second kappa shape index (κ2) is 5.16. The Labute approximate surface area is 104 Å². The van der Waals surface area contributed by atoms with Crippen LogP contribution in [-0.4, -0.2) is 11.6 Å². The molecule has 96 valence electrons. The van der Waals surface area contributed by atoms with Crippen molar-refractivity contribution >= 4 is 11.6 Å². The highest BCUT2D eigenvalue weighted by atomic mass is 16.1. The van der Waals surface area contributed by atoms with E-state index in [0.29, 0.717) is 24.3 Å². The lowest BCUT2D eigenvalue weighted by atomic mass is 9.70. The predicted molar refractivity (Wildman–Crippen MR) is 69.8 cm³/mol. The van der Waals surface area contributed by atoms with E-state index in [4.69, 9.17) is 0 Å². The molecule has 1 rings (SSSR count). The van der Waals surface area contributed by atoms with E-state index < -0.39 is 0 Å². The molecule has 0 spiro atoms. The minimum Gasteiger partial charge on any atom is -0.294 e. The van der Waals surface area contributed by atoms with Crippen molar-refractivity contribution in [2.45, 2.75) is 60.3 Å². The summed E-state index contributed by atoms with van der Waals surface area (Å²) < 4.78 is 0. The third-order valence-corrected chi connectivity index (χ3v) is 3.73. The van der Waals surface area contributed by atoms with Gasteiger partial charge in [0.05, 0.1) is 5.57 Å². The molecule has 0 bridgehead atoms. The van der Waals surface area contributed by atoms with Gasteiger partial charge < -0.3 is 0 Å². The van der Waals surface area contributed by atoms with Gasteiger partial charge in [-0.15, -0.1) is 0 Å². The molecule has 1 aliphatic carbocycles. The van der Waals surface area contributed by atoms with Crippen molar-refractivity contribution in [3.8, 4) is 0 Å². The molecule has 0 aromatic carbocycles. The summed E-state index contributed by atoms with van der Waals surface area (Å²) in [4.78, 5) is 24.2. The van der Waals surface area contributed by atoms with Crippen LogP contribution in [0.4, 0.5) is 0 Å². The second-order valence-electron chi connectivity index (χ2n) is 6.12. The number of hydrogen-bond donors (Lipinski definition) is 0. The van der Waals surface area contributed by atoms with E-state index in [2.05, 4.69) is 20.8 Å². The topological polar surface area (TPSA) is 34.1 Å². The molecule has 0 heterocycles. The zero-order valence-corrected chi connectivity index (χ0v) is 11.7. The van der Waals surface area contributed by atoms with Gasteiger partial charge in [-0.3, -0.25) is 9.59 Å². The Morgan fingerprint density at radius 1 is 1.24 bits per heavy atom. The van der Waals surface area contributed by atoms with Crippen molar-refractivity contribution in [1.29, 1.82) is 0 Å². The first-order valence-electron chi connectivity index (χ1n) is 6.55. The summed E-state index contributed by atoms with van der Waals surface area (Å²) in [5.74, 6) is 0.607. The highest BCUT2D eigenvalue weighted by Gasteiger charge is 2.38. The molecule has 2 heteroatoms. The number of carbonyl (C=O) groups excluding carboxylic acids is 2. The zero-order chi connectivity index (χ0) is 13.2. The fraction of sp³-hybridized carbons (Fsp3) is 0.733. The Balaban J connectivity index is 2.98. The molecule has 2 nitrogen and oxygen atoms in total. The van der Waals surface area contributed by atoms with Crippen molar-refractivity contribution in [2.24, 2.45) is 11.3 Å². The van der Waals surface area contributed by atoms with Gasteiger partial charge in [0.2, 0.25) is 0 Å². The van der Waals surface area contributed by atoms with Gasteiger partial charge in [-0.2, -0.15) is 0 Å². The number of allylic oxidation sites excluding steroid dienone is 2. The molecule has 0 N–H and O–H groups in total. The summed E-state index contributed by atoms with van der Waals surface area (Å²) in [5, 5.41) is 0. The summed E-state index contributed by atoms with van der Waals surface area (Å²) >= 11 is 0. The lowest BCUT2D eigenvalue weighted by Crippen LogP contribution is -2.33. The fourth-order valence-corrected chi connectivity index (χ4v) is 2.61. The van der Waals surface area contributed by atoms with E-state index in [1.165, 1.54) is 0 Å². The van der Waals surface area contributed by atoms with Crippen LogP contribution in [0.25, 0.3) is 0 Å². The maximum atomic E-state index is 12.1. The monoisotopic (exact) mass is 236 g/mol. The van der Waals surface area contributed by atoms with Crippen LogP contribution >= 0.6 is 0 Å². The average molecular weight is 236 g/mol. The molecule has 17 heavy (non-hydrogen) atoms. The lowest BCUT2D eigenvalue weighted by molar-refractivity contribution is -0.128. The minimum absolute atomic E-state index is 0.0590. The van der Waals surface area contributed by atoms with Crippen LogP contribution in [0.3, 0.4) is 0 Å².